The summed E-state index contributed by atoms with van der Waals surface area (Å²) in [6, 6.07) is 1.67. The van der Waals surface area contributed by atoms with Gasteiger partial charge in [-0.3, -0.25) is 0 Å². The van der Waals surface area contributed by atoms with Crippen LogP contribution in [0, 0.1) is 5.82 Å². The molecule has 0 aromatic heterocycles. The fourth-order valence-electron chi connectivity index (χ4n) is 1.31. The quantitative estimate of drug-likeness (QED) is 0.655. The van der Waals surface area contributed by atoms with Crippen LogP contribution in [0.15, 0.2) is 30.9 Å². The van der Waals surface area contributed by atoms with Crippen LogP contribution in [0.25, 0.3) is 0 Å². The third-order valence-corrected chi connectivity index (χ3v) is 2.15. The van der Waals surface area contributed by atoms with Crippen LogP contribution in [-0.4, -0.2) is 0 Å². The molecule has 1 aromatic rings. The van der Waals surface area contributed by atoms with Crippen molar-refractivity contribution in [3.8, 4) is 0 Å². The van der Waals surface area contributed by atoms with Crippen molar-refractivity contribution in [2.75, 3.05) is 0 Å². The second-order valence-electron chi connectivity index (χ2n) is 3.36. The number of hydrogen-bond donors (Lipinski definition) is 1. The third kappa shape index (κ3) is 4.02. The molecule has 0 saturated carbocycles. The molecule has 0 saturated heterocycles. The largest absolute Gasteiger partial charge is 0.416 e. The molecule has 1 nitrogen and oxygen atoms in total. The molecule has 1 aromatic carbocycles. The lowest BCUT2D eigenvalue weighted by atomic mass is 10.0. The summed E-state index contributed by atoms with van der Waals surface area (Å²) in [4.78, 5) is 0. The van der Waals surface area contributed by atoms with Gasteiger partial charge in [-0.1, -0.05) is 12.1 Å². The lowest BCUT2D eigenvalue weighted by Crippen LogP contribution is -2.13. The fraction of sp³-hybridized carbons (Fsp3) is 0.273. The Morgan fingerprint density at radius 3 is 2.35 bits per heavy atom. The van der Waals surface area contributed by atoms with E-state index < -0.39 is 23.6 Å². The first-order chi connectivity index (χ1) is 7.36. The topological polar surface area (TPSA) is 26.0 Å². The Kier molecular flexibility index (Phi) is 5.64. The van der Waals surface area contributed by atoms with Gasteiger partial charge in [0.2, 0.25) is 0 Å². The number of nitrogens with two attached hydrogens (primary N) is 1. The summed E-state index contributed by atoms with van der Waals surface area (Å²) in [7, 11) is 0. The lowest BCUT2D eigenvalue weighted by Gasteiger charge is -2.13. The summed E-state index contributed by atoms with van der Waals surface area (Å²) in [5.74, 6) is -0.941. The predicted molar refractivity (Wildman–Crippen MR) is 60.4 cm³/mol. The van der Waals surface area contributed by atoms with E-state index in [4.69, 9.17) is 5.73 Å². The van der Waals surface area contributed by atoms with Crippen molar-refractivity contribution in [2.45, 2.75) is 18.6 Å². The monoisotopic (exact) mass is 269 g/mol. The van der Waals surface area contributed by atoms with E-state index in [0.29, 0.717) is 12.5 Å². The Balaban J connectivity index is 0.00000256. The molecule has 0 spiro atoms. The molecular weight excluding hydrogens is 258 g/mol. The van der Waals surface area contributed by atoms with Gasteiger partial charge in [0.15, 0.2) is 0 Å². The highest BCUT2D eigenvalue weighted by Gasteiger charge is 2.31. The number of halogens is 5. The maximum atomic E-state index is 13.3. The first-order valence-electron chi connectivity index (χ1n) is 4.59. The summed E-state index contributed by atoms with van der Waals surface area (Å²) in [6.45, 7) is 3.43. The summed E-state index contributed by atoms with van der Waals surface area (Å²) in [6.07, 6.45) is -2.74. The molecule has 0 aliphatic carbocycles. The van der Waals surface area contributed by atoms with Crippen molar-refractivity contribution in [1.29, 1.82) is 0 Å². The van der Waals surface area contributed by atoms with E-state index in [1.165, 1.54) is 6.08 Å². The van der Waals surface area contributed by atoms with E-state index in [1.807, 2.05) is 0 Å². The molecular formula is C11H12ClF4N. The number of alkyl halides is 3. The van der Waals surface area contributed by atoms with E-state index in [2.05, 4.69) is 6.58 Å². The molecule has 0 heterocycles. The first kappa shape index (κ1) is 15.9. The highest BCUT2D eigenvalue weighted by atomic mass is 35.5. The average Bonchev–Trinajstić information content (AvgIpc) is 2.16. The van der Waals surface area contributed by atoms with Crippen LogP contribution in [0.1, 0.15) is 23.6 Å². The maximum Gasteiger partial charge on any atom is 0.416 e. The van der Waals surface area contributed by atoms with E-state index in [-0.39, 0.29) is 18.0 Å². The maximum absolute atomic E-state index is 13.3. The van der Waals surface area contributed by atoms with Gasteiger partial charge in [-0.05, 0) is 18.6 Å². The summed E-state index contributed by atoms with van der Waals surface area (Å²) < 4.78 is 50.0. The molecule has 0 unspecified atom stereocenters. The SMILES string of the molecule is C=CC[C@H](N)c1ccc(C(F)(F)F)cc1F.Cl. The normalized spacial score (nSPS) is 12.8. The number of benzene rings is 1. The highest BCUT2D eigenvalue weighted by Crippen LogP contribution is 2.31. The minimum absolute atomic E-state index is 0. The lowest BCUT2D eigenvalue weighted by molar-refractivity contribution is -0.137. The molecule has 0 aliphatic rings. The van der Waals surface area contributed by atoms with Crippen molar-refractivity contribution >= 4 is 12.4 Å². The molecule has 0 amide bonds. The zero-order chi connectivity index (χ0) is 12.3. The van der Waals surface area contributed by atoms with Gasteiger partial charge in [0.25, 0.3) is 0 Å². The standard InChI is InChI=1S/C11H11F4N.ClH/c1-2-3-10(16)8-5-4-7(6-9(8)12)11(13,14)15;/h2,4-6,10H,1,3,16H2;1H/t10-;/m0./s1. The van der Waals surface area contributed by atoms with E-state index in [9.17, 15) is 17.6 Å². The predicted octanol–water partition coefficient (Wildman–Crippen LogP) is 3.84. The molecule has 1 rings (SSSR count). The van der Waals surface area contributed by atoms with Gasteiger partial charge < -0.3 is 5.73 Å². The Morgan fingerprint density at radius 2 is 1.94 bits per heavy atom. The van der Waals surface area contributed by atoms with Crippen LogP contribution < -0.4 is 5.73 Å². The molecule has 0 fully saturated rings. The second kappa shape index (κ2) is 6.02. The molecule has 17 heavy (non-hydrogen) atoms. The Labute approximate surface area is 103 Å². The van der Waals surface area contributed by atoms with E-state index >= 15 is 0 Å². The van der Waals surface area contributed by atoms with Gasteiger partial charge in [-0.2, -0.15) is 13.2 Å². The molecule has 96 valence electrons. The Bertz CT molecular complexity index is 390. The van der Waals surface area contributed by atoms with Crippen LogP contribution in [0.3, 0.4) is 0 Å². The van der Waals surface area contributed by atoms with Crippen LogP contribution in [0.5, 0.6) is 0 Å². The van der Waals surface area contributed by atoms with Crippen molar-refractivity contribution < 1.29 is 17.6 Å². The number of rotatable bonds is 3. The van der Waals surface area contributed by atoms with Gasteiger partial charge in [0, 0.05) is 11.6 Å². The van der Waals surface area contributed by atoms with Crippen LogP contribution >= 0.6 is 12.4 Å². The Morgan fingerprint density at radius 1 is 1.35 bits per heavy atom. The van der Waals surface area contributed by atoms with Crippen LogP contribution in [-0.2, 0) is 6.18 Å². The van der Waals surface area contributed by atoms with Gasteiger partial charge >= 0.3 is 6.18 Å². The third-order valence-electron chi connectivity index (χ3n) is 2.15. The number of hydrogen-bond acceptors (Lipinski definition) is 1. The molecule has 1 atom stereocenters. The smallest absolute Gasteiger partial charge is 0.324 e. The van der Waals surface area contributed by atoms with Crippen molar-refractivity contribution in [3.63, 3.8) is 0 Å². The minimum atomic E-state index is -4.54. The van der Waals surface area contributed by atoms with Crippen molar-refractivity contribution in [2.24, 2.45) is 5.73 Å². The van der Waals surface area contributed by atoms with Gasteiger partial charge in [-0.15, -0.1) is 19.0 Å². The minimum Gasteiger partial charge on any atom is -0.324 e. The van der Waals surface area contributed by atoms with Crippen molar-refractivity contribution in [3.05, 3.63) is 47.8 Å². The van der Waals surface area contributed by atoms with Crippen molar-refractivity contribution in [1.82, 2.24) is 0 Å². The summed E-state index contributed by atoms with van der Waals surface area (Å²) >= 11 is 0. The van der Waals surface area contributed by atoms with Gasteiger partial charge in [0.05, 0.1) is 5.56 Å². The summed E-state index contributed by atoms with van der Waals surface area (Å²) in [5.41, 5.74) is 4.62. The van der Waals surface area contributed by atoms with Gasteiger partial charge in [-0.25, -0.2) is 4.39 Å². The molecule has 0 aliphatic heterocycles. The fourth-order valence-corrected chi connectivity index (χ4v) is 1.31. The second-order valence-corrected chi connectivity index (χ2v) is 3.36. The molecule has 6 heteroatoms. The highest BCUT2D eigenvalue weighted by molar-refractivity contribution is 5.85. The zero-order valence-corrected chi connectivity index (χ0v) is 9.61. The van der Waals surface area contributed by atoms with E-state index in [0.717, 1.165) is 12.1 Å². The first-order valence-corrected chi connectivity index (χ1v) is 4.59. The average molecular weight is 270 g/mol. The molecule has 2 N–H and O–H groups in total. The zero-order valence-electron chi connectivity index (χ0n) is 8.80. The van der Waals surface area contributed by atoms with Crippen LogP contribution in [0.4, 0.5) is 17.6 Å². The van der Waals surface area contributed by atoms with Gasteiger partial charge in [0.1, 0.15) is 5.82 Å². The summed E-state index contributed by atoms with van der Waals surface area (Å²) in [5, 5.41) is 0. The molecule has 0 radical (unpaired) electrons. The molecule has 0 bridgehead atoms. The van der Waals surface area contributed by atoms with Crippen LogP contribution in [0.2, 0.25) is 0 Å². The Hall–Kier alpha value is -1.07. The van der Waals surface area contributed by atoms with E-state index in [1.54, 1.807) is 0 Å².